The van der Waals surface area contributed by atoms with Crippen LogP contribution in [0.25, 0.3) is 0 Å². The van der Waals surface area contributed by atoms with Gasteiger partial charge in [-0.2, -0.15) is 0 Å². The van der Waals surface area contributed by atoms with Gasteiger partial charge in [0.05, 0.1) is 6.10 Å². The van der Waals surface area contributed by atoms with E-state index in [1.165, 1.54) is 44.1 Å². The molecule has 7 atom stereocenters. The third-order valence-electron chi connectivity index (χ3n) is 9.19. The van der Waals surface area contributed by atoms with Crippen molar-refractivity contribution in [1.29, 1.82) is 0 Å². The molecule has 1 aromatic heterocycles. The Morgan fingerprint density at radius 2 is 1.81 bits per heavy atom. The number of hydrogen-bond donors (Lipinski definition) is 1. The molecule has 2 heteroatoms. The van der Waals surface area contributed by atoms with Gasteiger partial charge in [-0.15, -0.1) is 0 Å². The Morgan fingerprint density at radius 3 is 2.62 bits per heavy atom. The van der Waals surface area contributed by atoms with Crippen molar-refractivity contribution in [3.63, 3.8) is 0 Å². The second kappa shape index (κ2) is 5.92. The molecule has 1 heterocycles. The Kier molecular flexibility index (Phi) is 3.87. The molecular weight excluding hydrogens is 318 g/mol. The molecule has 0 amide bonds. The van der Waals surface area contributed by atoms with Crippen LogP contribution in [0.1, 0.15) is 76.7 Å². The Labute approximate surface area is 158 Å². The topological polar surface area (TPSA) is 33.1 Å². The first-order valence-corrected chi connectivity index (χ1v) is 10.8. The van der Waals surface area contributed by atoms with E-state index in [2.05, 4.69) is 37.0 Å². The summed E-state index contributed by atoms with van der Waals surface area (Å²) in [6, 6.07) is 4.51. The van der Waals surface area contributed by atoms with Crippen LogP contribution in [0.15, 0.2) is 36.2 Å². The van der Waals surface area contributed by atoms with Crippen molar-refractivity contribution in [3.8, 4) is 0 Å². The zero-order chi connectivity index (χ0) is 17.9. The summed E-state index contributed by atoms with van der Waals surface area (Å²) >= 11 is 0. The molecule has 0 spiro atoms. The van der Waals surface area contributed by atoms with Crippen molar-refractivity contribution in [1.82, 2.24) is 4.98 Å². The third kappa shape index (κ3) is 2.30. The number of pyridine rings is 1. The fourth-order valence-corrected chi connectivity index (χ4v) is 7.79. The summed E-state index contributed by atoms with van der Waals surface area (Å²) in [6.07, 6.45) is 16.3. The number of rotatable bonds is 1. The number of aliphatic hydroxyl groups excluding tert-OH is 1. The predicted molar refractivity (Wildman–Crippen MR) is 105 cm³/mol. The number of hydrogen-bond acceptors (Lipinski definition) is 2. The third-order valence-corrected chi connectivity index (χ3v) is 9.19. The summed E-state index contributed by atoms with van der Waals surface area (Å²) in [5.74, 6) is 3.26. The monoisotopic (exact) mass is 351 g/mol. The van der Waals surface area contributed by atoms with Crippen LogP contribution in [-0.2, 0) is 0 Å². The summed E-state index contributed by atoms with van der Waals surface area (Å²) in [5, 5.41) is 10.2. The van der Waals surface area contributed by atoms with E-state index < -0.39 is 0 Å². The summed E-state index contributed by atoms with van der Waals surface area (Å²) in [5.41, 5.74) is 3.92. The lowest BCUT2D eigenvalue weighted by Crippen LogP contribution is -2.50. The van der Waals surface area contributed by atoms with Gasteiger partial charge >= 0.3 is 0 Å². The molecule has 1 aromatic rings. The van der Waals surface area contributed by atoms with Gasteiger partial charge in [0.1, 0.15) is 0 Å². The molecule has 3 fully saturated rings. The molecule has 0 radical (unpaired) electrons. The van der Waals surface area contributed by atoms with Crippen LogP contribution in [0.3, 0.4) is 0 Å². The lowest BCUT2D eigenvalue weighted by atomic mass is 9.47. The van der Waals surface area contributed by atoms with Gasteiger partial charge in [0.15, 0.2) is 0 Å². The zero-order valence-electron chi connectivity index (χ0n) is 16.3. The lowest BCUT2D eigenvalue weighted by molar-refractivity contribution is -0.0409. The molecule has 0 aliphatic heterocycles. The van der Waals surface area contributed by atoms with E-state index in [9.17, 15) is 5.11 Å². The Morgan fingerprint density at radius 1 is 1.00 bits per heavy atom. The molecular formula is C24H33NO. The van der Waals surface area contributed by atoms with E-state index >= 15 is 0 Å². The first kappa shape index (κ1) is 17.0. The van der Waals surface area contributed by atoms with Gasteiger partial charge < -0.3 is 5.11 Å². The molecule has 4 aliphatic carbocycles. The van der Waals surface area contributed by atoms with Crippen molar-refractivity contribution in [2.24, 2.45) is 28.6 Å². The first-order valence-electron chi connectivity index (χ1n) is 10.8. The quantitative estimate of drug-likeness (QED) is 0.679. The molecule has 5 rings (SSSR count). The molecule has 0 saturated heterocycles. The second-order valence-electron chi connectivity index (χ2n) is 10.1. The minimum atomic E-state index is -0.0951. The maximum absolute atomic E-state index is 10.2. The molecule has 3 saturated carbocycles. The van der Waals surface area contributed by atoms with Crippen molar-refractivity contribution in [2.75, 3.05) is 0 Å². The Hall–Kier alpha value is -1.15. The minimum absolute atomic E-state index is 0.0951. The molecule has 2 nitrogen and oxygen atoms in total. The summed E-state index contributed by atoms with van der Waals surface area (Å²) in [6.45, 7) is 5.12. The molecule has 0 unspecified atom stereocenters. The van der Waals surface area contributed by atoms with E-state index in [-0.39, 0.29) is 6.10 Å². The standard InChI is InChI=1S/C24H33NO/c1-23-11-7-18(26)15-17(23)3-4-19-21-6-5-20(16-9-13-25-14-10-16)24(21,2)12-8-22(19)23/h3,9-10,13-14,18-22,26H,4-8,11-12,15H2,1-2H3/t18-,19-,20-,21-,22-,23-,24+/m0/s1. The van der Waals surface area contributed by atoms with E-state index in [1.807, 2.05) is 12.4 Å². The van der Waals surface area contributed by atoms with Crippen LogP contribution in [0, 0.1) is 28.6 Å². The van der Waals surface area contributed by atoms with Gasteiger partial charge in [-0.1, -0.05) is 25.5 Å². The normalized spacial score (nSPS) is 47.5. The van der Waals surface area contributed by atoms with Crippen molar-refractivity contribution in [2.45, 2.75) is 77.2 Å². The van der Waals surface area contributed by atoms with Gasteiger partial charge in [0, 0.05) is 12.4 Å². The Balaban J connectivity index is 1.47. The highest BCUT2D eigenvalue weighted by molar-refractivity contribution is 5.28. The lowest BCUT2D eigenvalue weighted by Gasteiger charge is -2.58. The summed E-state index contributed by atoms with van der Waals surface area (Å²) in [4.78, 5) is 4.24. The highest BCUT2D eigenvalue weighted by atomic mass is 16.3. The van der Waals surface area contributed by atoms with Crippen LogP contribution in [0.4, 0.5) is 0 Å². The number of fused-ring (bicyclic) bond motifs is 5. The molecule has 1 N–H and O–H groups in total. The molecule has 140 valence electrons. The van der Waals surface area contributed by atoms with E-state index in [0.717, 1.165) is 30.6 Å². The highest BCUT2D eigenvalue weighted by Gasteiger charge is 2.58. The van der Waals surface area contributed by atoms with Crippen LogP contribution >= 0.6 is 0 Å². The average molecular weight is 352 g/mol. The average Bonchev–Trinajstić information content (AvgIpc) is 3.00. The Bertz CT molecular complexity index is 712. The summed E-state index contributed by atoms with van der Waals surface area (Å²) < 4.78 is 0. The first-order chi connectivity index (χ1) is 12.5. The maximum Gasteiger partial charge on any atom is 0.0577 e. The fraction of sp³-hybridized carbons (Fsp3) is 0.708. The van der Waals surface area contributed by atoms with E-state index in [1.54, 1.807) is 5.57 Å². The molecule has 4 aliphatic rings. The molecule has 26 heavy (non-hydrogen) atoms. The fourth-order valence-electron chi connectivity index (χ4n) is 7.79. The van der Waals surface area contributed by atoms with Crippen LogP contribution in [0.2, 0.25) is 0 Å². The predicted octanol–water partition coefficient (Wildman–Crippen LogP) is 5.49. The zero-order valence-corrected chi connectivity index (χ0v) is 16.3. The molecule has 0 aromatic carbocycles. The number of allylic oxidation sites excluding steroid dienone is 1. The maximum atomic E-state index is 10.2. The number of nitrogens with zero attached hydrogens (tertiary/aromatic N) is 1. The SMILES string of the molecule is C[C@]12CC[C@H]3[C@@H](CC=C4C[C@@H](O)CC[C@@]43C)[C@@H]1CC[C@H]2c1ccncc1. The number of aliphatic hydroxyl groups is 1. The smallest absolute Gasteiger partial charge is 0.0577 e. The summed E-state index contributed by atoms with van der Waals surface area (Å²) in [7, 11) is 0. The largest absolute Gasteiger partial charge is 0.393 e. The number of aromatic nitrogens is 1. The van der Waals surface area contributed by atoms with Crippen molar-refractivity contribution < 1.29 is 5.11 Å². The van der Waals surface area contributed by atoms with Gasteiger partial charge in [-0.05, 0) is 104 Å². The van der Waals surface area contributed by atoms with Crippen LogP contribution < -0.4 is 0 Å². The van der Waals surface area contributed by atoms with E-state index in [4.69, 9.17) is 0 Å². The second-order valence-corrected chi connectivity index (χ2v) is 10.1. The van der Waals surface area contributed by atoms with Crippen LogP contribution in [-0.4, -0.2) is 16.2 Å². The van der Waals surface area contributed by atoms with E-state index in [0.29, 0.717) is 16.7 Å². The van der Waals surface area contributed by atoms with Crippen molar-refractivity contribution in [3.05, 3.63) is 41.7 Å². The van der Waals surface area contributed by atoms with Gasteiger partial charge in [0.2, 0.25) is 0 Å². The van der Waals surface area contributed by atoms with Crippen LogP contribution in [0.5, 0.6) is 0 Å². The van der Waals surface area contributed by atoms with Gasteiger partial charge in [0.25, 0.3) is 0 Å². The van der Waals surface area contributed by atoms with Crippen molar-refractivity contribution >= 4 is 0 Å². The molecule has 0 bridgehead atoms. The van der Waals surface area contributed by atoms with Gasteiger partial charge in [-0.25, -0.2) is 0 Å². The minimum Gasteiger partial charge on any atom is -0.393 e. The van der Waals surface area contributed by atoms with Gasteiger partial charge in [-0.3, -0.25) is 4.98 Å². The highest BCUT2D eigenvalue weighted by Crippen LogP contribution is 2.67.